The highest BCUT2D eigenvalue weighted by atomic mass is 17.0. The van der Waals surface area contributed by atoms with Crippen LogP contribution in [0.1, 0.15) is 127 Å². The summed E-state index contributed by atoms with van der Waals surface area (Å²) in [5, 5.41) is 42.5. The molecule has 0 aliphatic carbocycles. The molecule has 0 radical (unpaired) electrons. The van der Waals surface area contributed by atoms with Crippen molar-refractivity contribution in [2.45, 2.75) is 130 Å². The molecule has 50 heavy (non-hydrogen) atoms. The number of unbranched alkanes of at least 4 members (excludes halogenated alkanes) is 4. The lowest BCUT2D eigenvalue weighted by molar-refractivity contribution is -0.981. The molecule has 2 aromatic rings. The molecule has 0 bridgehead atoms. The number of rotatable bonds is 18. The van der Waals surface area contributed by atoms with Gasteiger partial charge in [0.25, 0.3) is 0 Å². The molecule has 10 heteroatoms. The van der Waals surface area contributed by atoms with Crippen LogP contribution < -0.4 is 0 Å². The van der Waals surface area contributed by atoms with Crippen LogP contribution in [0.2, 0.25) is 0 Å². The summed E-state index contributed by atoms with van der Waals surface area (Å²) in [6.07, 6.45) is 12.5. The third-order valence-electron chi connectivity index (χ3n) is 10.1. The third kappa shape index (κ3) is 10.6. The van der Waals surface area contributed by atoms with Gasteiger partial charge >= 0.3 is 5.09 Å². The molecule has 276 valence electrons. The fraction of sp³-hybridized carbons (Fsp3) is 0.600. The quantitative estimate of drug-likeness (QED) is 0.0691. The van der Waals surface area contributed by atoms with Crippen LogP contribution in [0.15, 0.2) is 47.6 Å². The Labute approximate surface area is 298 Å². The van der Waals surface area contributed by atoms with Crippen LogP contribution in [0.4, 0.5) is 0 Å². The maximum absolute atomic E-state index is 12.1. The van der Waals surface area contributed by atoms with Gasteiger partial charge in [-0.3, -0.25) is 9.80 Å². The van der Waals surface area contributed by atoms with E-state index in [0.29, 0.717) is 37.8 Å². The van der Waals surface area contributed by atoms with Crippen LogP contribution in [-0.2, 0) is 22.5 Å². The number of hydrogen-bond donors (Lipinski definition) is 4. The highest BCUT2D eigenvalue weighted by Gasteiger charge is 2.30. The number of hydrogen-bond acceptors (Lipinski definition) is 9. The van der Waals surface area contributed by atoms with Crippen molar-refractivity contribution >= 4 is 0 Å². The van der Waals surface area contributed by atoms with Crippen molar-refractivity contribution in [3.05, 3.63) is 74.7 Å². The Kier molecular flexibility index (Phi) is 14.4. The second-order valence-corrected chi connectivity index (χ2v) is 14.7. The van der Waals surface area contributed by atoms with Crippen molar-refractivity contribution in [2.24, 2.45) is 0 Å². The van der Waals surface area contributed by atoms with Gasteiger partial charge in [-0.15, -0.1) is 0 Å². The van der Waals surface area contributed by atoms with E-state index in [-0.39, 0.29) is 53.4 Å². The first-order valence-corrected chi connectivity index (χ1v) is 18.5. The summed E-state index contributed by atoms with van der Waals surface area (Å²) < 4.78 is 0. The lowest BCUT2D eigenvalue weighted by Crippen LogP contribution is -2.37. The van der Waals surface area contributed by atoms with Crippen molar-refractivity contribution in [3.63, 3.8) is 0 Å². The SMILES string of the molecule is CC1=CC(c2c(O)cc(O)cc2CCCCCO[N+](=O)OCCCCCc2cc(O)cc(O)c2C2C=C(C)CCN2C(C)C)N(C(C)C)CC1. The first kappa shape index (κ1) is 39.0. The van der Waals surface area contributed by atoms with Crippen LogP contribution in [0.5, 0.6) is 23.0 Å². The second kappa shape index (κ2) is 18.5. The molecule has 0 saturated carbocycles. The molecule has 2 unspecified atom stereocenters. The van der Waals surface area contributed by atoms with Gasteiger partial charge in [-0.05, 0) is 129 Å². The van der Waals surface area contributed by atoms with E-state index in [1.807, 2.05) is 0 Å². The Bertz CT molecular complexity index is 1390. The molecule has 0 fully saturated rings. The molecule has 2 heterocycles. The summed E-state index contributed by atoms with van der Waals surface area (Å²) in [7, 11) is 0. The zero-order valence-corrected chi connectivity index (χ0v) is 31.0. The van der Waals surface area contributed by atoms with E-state index in [2.05, 4.69) is 63.5 Å². The van der Waals surface area contributed by atoms with Crippen molar-refractivity contribution < 1.29 is 35.2 Å². The lowest BCUT2D eigenvalue weighted by Gasteiger charge is -2.38. The minimum atomic E-state index is -0.0366. The number of phenols is 4. The maximum atomic E-state index is 12.1. The van der Waals surface area contributed by atoms with Crippen molar-refractivity contribution in [2.75, 3.05) is 26.3 Å². The number of aromatic hydroxyl groups is 4. The van der Waals surface area contributed by atoms with Crippen LogP contribution >= 0.6 is 0 Å². The molecule has 2 aliphatic rings. The number of nitrogens with zero attached hydrogens (tertiary/aromatic N) is 3. The Hall–Kier alpha value is -3.76. The Balaban J connectivity index is 1.17. The minimum Gasteiger partial charge on any atom is -0.508 e. The monoisotopic (exact) mass is 694 g/mol. The van der Waals surface area contributed by atoms with E-state index in [1.54, 1.807) is 12.1 Å². The summed E-state index contributed by atoms with van der Waals surface area (Å²) >= 11 is 0. The predicted molar refractivity (Wildman–Crippen MR) is 196 cm³/mol. The van der Waals surface area contributed by atoms with Gasteiger partial charge < -0.3 is 20.4 Å². The standard InChI is InChI=1S/C40H59N3O7/c1-27(2)41-17-15-29(5)21-35(41)39-31(23-33(44)25-37(39)46)13-9-7-11-19-49-43(48)50-20-12-8-10-14-32-24-34(45)26-38(47)40(32)36-22-30(6)16-18-42(36)28(3)4/h21-28,35-36H,7-20H2,1-6H3,(H3-,44,45,46,47)/p+1. The van der Waals surface area contributed by atoms with Crippen molar-refractivity contribution in [3.8, 4) is 23.0 Å². The van der Waals surface area contributed by atoms with Crippen LogP contribution in [0, 0.1) is 4.91 Å². The first-order valence-electron chi connectivity index (χ1n) is 18.5. The molecule has 2 aromatic carbocycles. The van der Waals surface area contributed by atoms with E-state index < -0.39 is 0 Å². The third-order valence-corrected chi connectivity index (χ3v) is 10.1. The number of aryl methyl sites for hydroxylation is 2. The Morgan fingerprint density at radius 3 is 1.44 bits per heavy atom. The molecule has 2 aliphatic heterocycles. The maximum Gasteiger partial charge on any atom is 0.477 e. The molecule has 0 aromatic heterocycles. The zero-order valence-electron chi connectivity index (χ0n) is 31.0. The van der Waals surface area contributed by atoms with E-state index >= 15 is 0 Å². The summed E-state index contributed by atoms with van der Waals surface area (Å²) in [5.74, 6) is 0.365. The molecule has 0 saturated heterocycles. The van der Waals surface area contributed by atoms with E-state index in [4.69, 9.17) is 9.68 Å². The summed E-state index contributed by atoms with van der Waals surface area (Å²) in [6, 6.07) is 6.94. The zero-order chi connectivity index (χ0) is 36.4. The topological polar surface area (TPSA) is 126 Å². The fourth-order valence-corrected chi connectivity index (χ4v) is 7.40. The molecule has 2 atom stereocenters. The van der Waals surface area contributed by atoms with Gasteiger partial charge in [-0.2, -0.15) is 9.68 Å². The minimum absolute atomic E-state index is 0.0366. The number of phenolic OH excluding ortho intramolecular Hbond substituents is 4. The average molecular weight is 695 g/mol. The van der Waals surface area contributed by atoms with Crippen molar-refractivity contribution in [1.82, 2.24) is 9.80 Å². The highest BCUT2D eigenvalue weighted by Crippen LogP contribution is 2.41. The van der Waals surface area contributed by atoms with Gasteiger partial charge in [0.05, 0.1) is 12.1 Å². The molecular formula is C40H60N3O7+. The van der Waals surface area contributed by atoms with Gasteiger partial charge in [0, 0.05) is 48.4 Å². The van der Waals surface area contributed by atoms with Gasteiger partial charge in [-0.25, -0.2) is 0 Å². The molecular weight excluding hydrogens is 634 g/mol. The smallest absolute Gasteiger partial charge is 0.477 e. The summed E-state index contributed by atoms with van der Waals surface area (Å²) in [5.41, 5.74) is 6.21. The average Bonchev–Trinajstić information content (AvgIpc) is 3.03. The molecule has 0 spiro atoms. The Morgan fingerprint density at radius 2 is 1.06 bits per heavy atom. The highest BCUT2D eigenvalue weighted by molar-refractivity contribution is 5.50. The van der Waals surface area contributed by atoms with E-state index in [1.165, 1.54) is 23.3 Å². The molecule has 0 amide bonds. The van der Waals surface area contributed by atoms with Gasteiger partial charge in [0.15, 0.2) is 13.2 Å². The summed E-state index contributed by atoms with van der Waals surface area (Å²) in [4.78, 5) is 27.3. The normalized spacial score (nSPS) is 18.7. The summed E-state index contributed by atoms with van der Waals surface area (Å²) in [6.45, 7) is 15.2. The van der Waals surface area contributed by atoms with E-state index in [0.717, 1.165) is 73.9 Å². The predicted octanol–water partition coefficient (Wildman–Crippen LogP) is 8.48. The fourth-order valence-electron chi connectivity index (χ4n) is 7.40. The number of benzene rings is 2. The van der Waals surface area contributed by atoms with Gasteiger partial charge in [-0.1, -0.05) is 23.3 Å². The second-order valence-electron chi connectivity index (χ2n) is 14.7. The van der Waals surface area contributed by atoms with E-state index in [9.17, 15) is 25.3 Å². The molecule has 4 N–H and O–H groups in total. The van der Waals surface area contributed by atoms with Crippen LogP contribution in [0.25, 0.3) is 0 Å². The van der Waals surface area contributed by atoms with Crippen molar-refractivity contribution in [1.29, 1.82) is 0 Å². The largest absolute Gasteiger partial charge is 0.508 e. The molecule has 10 nitrogen and oxygen atoms in total. The molecule has 4 rings (SSSR count). The van der Waals surface area contributed by atoms with Gasteiger partial charge in [0.1, 0.15) is 27.9 Å². The first-order chi connectivity index (χ1) is 23.8. The van der Waals surface area contributed by atoms with Crippen LogP contribution in [-0.4, -0.2) is 73.7 Å². The Morgan fingerprint density at radius 1 is 0.660 bits per heavy atom. The van der Waals surface area contributed by atoms with Crippen LogP contribution in [0.3, 0.4) is 0 Å². The lowest BCUT2D eigenvalue weighted by atomic mass is 9.89. The van der Waals surface area contributed by atoms with Gasteiger partial charge in [0.2, 0.25) is 0 Å².